The summed E-state index contributed by atoms with van der Waals surface area (Å²) in [6.07, 6.45) is 10.2. The quantitative estimate of drug-likeness (QED) is 0.838. The third kappa shape index (κ3) is 3.05. The van der Waals surface area contributed by atoms with Gasteiger partial charge in [0.1, 0.15) is 0 Å². The van der Waals surface area contributed by atoms with Crippen molar-refractivity contribution in [2.75, 3.05) is 7.05 Å². The van der Waals surface area contributed by atoms with E-state index in [9.17, 15) is 0 Å². The van der Waals surface area contributed by atoms with E-state index in [1.54, 1.807) is 0 Å². The second-order valence-electron chi connectivity index (χ2n) is 4.84. The lowest BCUT2D eigenvalue weighted by molar-refractivity contribution is 0.303. The minimum absolute atomic E-state index is 0.435. The molecule has 1 fully saturated rings. The van der Waals surface area contributed by atoms with E-state index in [0.29, 0.717) is 6.04 Å². The van der Waals surface area contributed by atoms with Gasteiger partial charge in [0.25, 0.3) is 0 Å². The molecule has 1 heterocycles. The molecule has 1 aliphatic rings. The molecule has 1 N–H and O–H groups in total. The van der Waals surface area contributed by atoms with E-state index in [1.807, 2.05) is 19.3 Å². The molecule has 0 amide bonds. The van der Waals surface area contributed by atoms with Crippen molar-refractivity contribution in [1.82, 2.24) is 10.3 Å². The summed E-state index contributed by atoms with van der Waals surface area (Å²) in [5.41, 5.74) is 1.19. The Morgan fingerprint density at radius 2 is 2.12 bits per heavy atom. The van der Waals surface area contributed by atoms with Crippen LogP contribution < -0.4 is 5.32 Å². The minimum Gasteiger partial charge on any atom is -0.312 e. The third-order valence-corrected chi connectivity index (χ3v) is 3.69. The number of nitrogens with one attached hydrogen (secondary N) is 1. The fraction of sp³-hybridized carbons (Fsp3) is 0.643. The van der Waals surface area contributed by atoms with Gasteiger partial charge in [-0.15, -0.1) is 0 Å². The topological polar surface area (TPSA) is 24.9 Å². The van der Waals surface area contributed by atoms with Crippen LogP contribution in [0.3, 0.4) is 0 Å². The normalized spacial score (nSPS) is 19.6. The Hall–Kier alpha value is -0.890. The molecule has 0 radical (unpaired) electrons. The summed E-state index contributed by atoms with van der Waals surface area (Å²) in [6, 6.07) is 6.62. The van der Waals surface area contributed by atoms with Crippen molar-refractivity contribution in [3.05, 3.63) is 30.1 Å². The lowest BCUT2D eigenvalue weighted by Gasteiger charge is -2.26. The summed E-state index contributed by atoms with van der Waals surface area (Å²) >= 11 is 0. The number of hydrogen-bond acceptors (Lipinski definition) is 2. The fourth-order valence-corrected chi connectivity index (χ4v) is 2.72. The highest BCUT2D eigenvalue weighted by Crippen LogP contribution is 2.30. The maximum atomic E-state index is 4.45. The van der Waals surface area contributed by atoms with Crippen molar-refractivity contribution in [3.8, 4) is 0 Å². The van der Waals surface area contributed by atoms with Crippen molar-refractivity contribution in [1.29, 1.82) is 0 Å². The molecule has 0 bridgehead atoms. The van der Waals surface area contributed by atoms with Gasteiger partial charge in [0.15, 0.2) is 0 Å². The second-order valence-corrected chi connectivity index (χ2v) is 4.84. The molecule has 1 aromatic rings. The molecule has 0 saturated heterocycles. The lowest BCUT2D eigenvalue weighted by atomic mass is 9.84. The van der Waals surface area contributed by atoms with Gasteiger partial charge in [-0.3, -0.25) is 4.98 Å². The Balaban J connectivity index is 1.94. The molecule has 1 unspecified atom stereocenters. The zero-order chi connectivity index (χ0) is 11.2. The largest absolute Gasteiger partial charge is 0.312 e. The summed E-state index contributed by atoms with van der Waals surface area (Å²) in [5.74, 6) is 0.896. The Kier molecular flexibility index (Phi) is 4.34. The summed E-state index contributed by atoms with van der Waals surface area (Å²) in [4.78, 5) is 4.45. The molecular weight excluding hydrogens is 196 g/mol. The molecule has 1 saturated carbocycles. The van der Waals surface area contributed by atoms with Gasteiger partial charge in [-0.05, 0) is 31.5 Å². The zero-order valence-corrected chi connectivity index (χ0v) is 10.2. The monoisotopic (exact) mass is 218 g/mol. The molecule has 88 valence electrons. The van der Waals surface area contributed by atoms with E-state index in [4.69, 9.17) is 0 Å². The lowest BCUT2D eigenvalue weighted by Crippen LogP contribution is -2.22. The maximum Gasteiger partial charge on any atom is 0.0573 e. The predicted octanol–water partition coefficient (Wildman–Crippen LogP) is 3.31. The number of rotatable bonds is 4. The van der Waals surface area contributed by atoms with Crippen LogP contribution in [0, 0.1) is 5.92 Å². The molecule has 16 heavy (non-hydrogen) atoms. The first-order valence-electron chi connectivity index (χ1n) is 6.48. The zero-order valence-electron chi connectivity index (χ0n) is 10.2. The fourth-order valence-electron chi connectivity index (χ4n) is 2.72. The Morgan fingerprint density at radius 3 is 2.75 bits per heavy atom. The molecule has 1 atom stereocenters. The number of nitrogens with zero attached hydrogens (tertiary/aromatic N) is 1. The summed E-state index contributed by atoms with van der Waals surface area (Å²) in [5, 5.41) is 3.40. The second kappa shape index (κ2) is 6.00. The van der Waals surface area contributed by atoms with Crippen LogP contribution in [0.2, 0.25) is 0 Å². The molecule has 0 spiro atoms. The molecule has 1 aliphatic carbocycles. The third-order valence-electron chi connectivity index (χ3n) is 3.69. The number of hydrogen-bond donors (Lipinski definition) is 1. The van der Waals surface area contributed by atoms with Gasteiger partial charge >= 0.3 is 0 Å². The highest BCUT2D eigenvalue weighted by atomic mass is 14.9. The first-order chi connectivity index (χ1) is 7.90. The first kappa shape index (κ1) is 11.6. The number of pyridine rings is 1. The van der Waals surface area contributed by atoms with Gasteiger partial charge in [0.05, 0.1) is 5.69 Å². The van der Waals surface area contributed by atoms with Crippen molar-refractivity contribution in [2.24, 2.45) is 5.92 Å². The van der Waals surface area contributed by atoms with Crippen molar-refractivity contribution >= 4 is 0 Å². The van der Waals surface area contributed by atoms with E-state index in [2.05, 4.69) is 22.4 Å². The van der Waals surface area contributed by atoms with E-state index < -0.39 is 0 Å². The molecule has 1 aromatic heterocycles. The molecule has 2 rings (SSSR count). The van der Waals surface area contributed by atoms with E-state index in [0.717, 1.165) is 5.92 Å². The summed E-state index contributed by atoms with van der Waals surface area (Å²) in [7, 11) is 2.04. The van der Waals surface area contributed by atoms with Crippen molar-refractivity contribution in [2.45, 2.75) is 44.6 Å². The van der Waals surface area contributed by atoms with E-state index in [1.165, 1.54) is 44.2 Å². The van der Waals surface area contributed by atoms with Gasteiger partial charge < -0.3 is 5.32 Å². The van der Waals surface area contributed by atoms with Gasteiger partial charge in [-0.25, -0.2) is 0 Å². The van der Waals surface area contributed by atoms with Crippen LogP contribution in [0.15, 0.2) is 24.4 Å². The molecule has 0 aliphatic heterocycles. The van der Waals surface area contributed by atoms with Gasteiger partial charge in [0, 0.05) is 12.2 Å². The molecular formula is C14H22N2. The first-order valence-corrected chi connectivity index (χ1v) is 6.48. The van der Waals surface area contributed by atoms with Gasteiger partial charge in [-0.2, -0.15) is 0 Å². The van der Waals surface area contributed by atoms with E-state index >= 15 is 0 Å². The maximum absolute atomic E-state index is 4.45. The van der Waals surface area contributed by atoms with Crippen LogP contribution >= 0.6 is 0 Å². The Morgan fingerprint density at radius 1 is 1.31 bits per heavy atom. The smallest absolute Gasteiger partial charge is 0.0573 e. The predicted molar refractivity (Wildman–Crippen MR) is 67.2 cm³/mol. The van der Waals surface area contributed by atoms with Crippen molar-refractivity contribution < 1.29 is 0 Å². The van der Waals surface area contributed by atoms with Crippen LogP contribution in [0.4, 0.5) is 0 Å². The average Bonchev–Trinajstić information content (AvgIpc) is 2.38. The van der Waals surface area contributed by atoms with Crippen molar-refractivity contribution in [3.63, 3.8) is 0 Å². The average molecular weight is 218 g/mol. The Bertz CT molecular complexity index is 291. The minimum atomic E-state index is 0.435. The molecule has 0 aromatic carbocycles. The van der Waals surface area contributed by atoms with Crippen LogP contribution in [-0.2, 0) is 0 Å². The standard InChI is InChI=1S/C14H22N2/c1-15-14(13-9-5-6-10-16-13)11-12-7-3-2-4-8-12/h5-6,9-10,12,14-15H,2-4,7-8,11H2,1H3. The summed E-state index contributed by atoms with van der Waals surface area (Å²) in [6.45, 7) is 0. The SMILES string of the molecule is CNC(CC1CCCCC1)c1ccccn1. The number of aromatic nitrogens is 1. The van der Waals surface area contributed by atoms with Crippen LogP contribution in [0.5, 0.6) is 0 Å². The molecule has 2 heteroatoms. The van der Waals surface area contributed by atoms with Crippen LogP contribution in [0.1, 0.15) is 50.3 Å². The van der Waals surface area contributed by atoms with E-state index in [-0.39, 0.29) is 0 Å². The molecule has 2 nitrogen and oxygen atoms in total. The van der Waals surface area contributed by atoms with Gasteiger partial charge in [0.2, 0.25) is 0 Å². The highest BCUT2D eigenvalue weighted by molar-refractivity contribution is 5.08. The highest BCUT2D eigenvalue weighted by Gasteiger charge is 2.19. The Labute approximate surface area is 98.5 Å². The summed E-state index contributed by atoms with van der Waals surface area (Å²) < 4.78 is 0. The van der Waals surface area contributed by atoms with Gasteiger partial charge in [-0.1, -0.05) is 38.2 Å². The van der Waals surface area contributed by atoms with Crippen LogP contribution in [0.25, 0.3) is 0 Å². The van der Waals surface area contributed by atoms with Crippen LogP contribution in [-0.4, -0.2) is 12.0 Å².